The summed E-state index contributed by atoms with van der Waals surface area (Å²) < 4.78 is 11.6. The van der Waals surface area contributed by atoms with Gasteiger partial charge in [-0.3, -0.25) is 4.79 Å². The van der Waals surface area contributed by atoms with Crippen LogP contribution in [-0.4, -0.2) is 30.9 Å². The van der Waals surface area contributed by atoms with Crippen molar-refractivity contribution in [1.82, 2.24) is 4.98 Å². The molecule has 136 valence electrons. The number of ether oxygens (including phenoxy) is 2. The Balaban J connectivity index is 1.58. The lowest BCUT2D eigenvalue weighted by Gasteiger charge is -2.13. The molecule has 8 heteroatoms. The molecule has 0 fully saturated rings. The lowest BCUT2D eigenvalue weighted by Crippen LogP contribution is -2.15. The molecule has 1 amide bonds. The fraction of sp³-hybridized carbons (Fsp3) is 0.222. The normalized spacial score (nSPS) is 10.7. The molecule has 3 rings (SSSR count). The number of nitrogens with zero attached hydrogens (tertiary/aromatic N) is 1. The smallest absolute Gasteiger partial charge is 0.234 e. The van der Waals surface area contributed by atoms with Crippen molar-refractivity contribution in [3.05, 3.63) is 46.4 Å². The van der Waals surface area contributed by atoms with Gasteiger partial charge in [-0.1, -0.05) is 23.7 Å². The molecule has 5 nitrogen and oxygen atoms in total. The third-order valence-electron chi connectivity index (χ3n) is 3.54. The minimum Gasteiger partial charge on any atom is -0.495 e. The topological polar surface area (TPSA) is 60.5 Å². The van der Waals surface area contributed by atoms with E-state index in [1.54, 1.807) is 23.5 Å². The van der Waals surface area contributed by atoms with Gasteiger partial charge >= 0.3 is 0 Å². The molecule has 0 atom stereocenters. The van der Waals surface area contributed by atoms with Gasteiger partial charge in [0.05, 0.1) is 40.9 Å². The number of aromatic nitrogens is 1. The Morgan fingerprint density at radius 2 is 2.00 bits per heavy atom. The second-order valence-corrected chi connectivity index (χ2v) is 7.81. The van der Waals surface area contributed by atoms with Crippen molar-refractivity contribution in [2.75, 3.05) is 25.3 Å². The average molecular weight is 409 g/mol. The first-order chi connectivity index (χ1) is 12.6. The third kappa shape index (κ3) is 4.41. The number of carbonyl (C=O) groups excluding carboxylic acids is 1. The van der Waals surface area contributed by atoms with Crippen LogP contribution in [-0.2, 0) is 10.5 Å². The lowest BCUT2D eigenvalue weighted by atomic mass is 10.2. The van der Waals surface area contributed by atoms with Crippen LogP contribution < -0.4 is 14.8 Å². The molecular weight excluding hydrogens is 392 g/mol. The minimum atomic E-state index is -0.126. The van der Waals surface area contributed by atoms with Crippen molar-refractivity contribution in [2.45, 2.75) is 5.75 Å². The quantitative estimate of drug-likeness (QED) is 0.606. The summed E-state index contributed by atoms with van der Waals surface area (Å²) in [6, 6.07) is 11.3. The molecule has 0 aliphatic heterocycles. The van der Waals surface area contributed by atoms with Gasteiger partial charge in [0.2, 0.25) is 5.91 Å². The van der Waals surface area contributed by atoms with Gasteiger partial charge in [-0.05, 0) is 12.1 Å². The molecule has 1 N–H and O–H groups in total. The van der Waals surface area contributed by atoms with Gasteiger partial charge in [-0.25, -0.2) is 4.98 Å². The summed E-state index contributed by atoms with van der Waals surface area (Å²) >= 11 is 9.24. The predicted octanol–water partition coefficient (Wildman–Crippen LogP) is 4.84. The number of fused-ring (bicyclic) bond motifs is 1. The molecule has 26 heavy (non-hydrogen) atoms. The number of carbonyl (C=O) groups is 1. The number of hydrogen-bond donors (Lipinski definition) is 1. The first kappa shape index (κ1) is 18.8. The van der Waals surface area contributed by atoms with Crippen LogP contribution in [0.5, 0.6) is 11.5 Å². The van der Waals surface area contributed by atoms with Crippen LogP contribution in [0.2, 0.25) is 5.02 Å². The molecule has 0 aliphatic carbocycles. The fourth-order valence-electron chi connectivity index (χ4n) is 2.36. The number of para-hydroxylation sites is 1. The van der Waals surface area contributed by atoms with E-state index in [0.29, 0.717) is 33.7 Å². The molecule has 0 bridgehead atoms. The van der Waals surface area contributed by atoms with Gasteiger partial charge in [0, 0.05) is 17.9 Å². The van der Waals surface area contributed by atoms with E-state index in [2.05, 4.69) is 10.3 Å². The van der Waals surface area contributed by atoms with Crippen molar-refractivity contribution in [1.29, 1.82) is 0 Å². The first-order valence-corrected chi connectivity index (χ1v) is 10.1. The van der Waals surface area contributed by atoms with Gasteiger partial charge < -0.3 is 14.8 Å². The highest BCUT2D eigenvalue weighted by Gasteiger charge is 2.13. The number of anilines is 1. The van der Waals surface area contributed by atoms with Crippen LogP contribution in [0.1, 0.15) is 5.01 Å². The van der Waals surface area contributed by atoms with Crippen molar-refractivity contribution < 1.29 is 14.3 Å². The second kappa shape index (κ2) is 8.62. The summed E-state index contributed by atoms with van der Waals surface area (Å²) in [4.78, 5) is 16.8. The lowest BCUT2D eigenvalue weighted by molar-refractivity contribution is -0.113. The van der Waals surface area contributed by atoms with E-state index in [4.69, 9.17) is 21.1 Å². The van der Waals surface area contributed by atoms with Crippen molar-refractivity contribution in [3.8, 4) is 11.5 Å². The molecule has 0 saturated carbocycles. The highest BCUT2D eigenvalue weighted by Crippen LogP contribution is 2.36. The van der Waals surface area contributed by atoms with Gasteiger partial charge in [0.25, 0.3) is 0 Å². The number of thioether (sulfide) groups is 1. The Hall–Kier alpha value is -1.96. The third-order valence-corrected chi connectivity index (χ3v) is 6.00. The number of thiazole rings is 1. The van der Waals surface area contributed by atoms with Gasteiger partial charge in [0.15, 0.2) is 0 Å². The molecule has 1 aromatic heterocycles. The molecule has 0 unspecified atom stereocenters. The Morgan fingerprint density at radius 1 is 1.23 bits per heavy atom. The van der Waals surface area contributed by atoms with Gasteiger partial charge in [-0.2, -0.15) is 0 Å². The van der Waals surface area contributed by atoms with E-state index in [9.17, 15) is 4.79 Å². The van der Waals surface area contributed by atoms with Crippen molar-refractivity contribution >= 4 is 56.5 Å². The van der Waals surface area contributed by atoms with Crippen LogP contribution in [0.4, 0.5) is 5.69 Å². The Kier molecular flexibility index (Phi) is 6.24. The van der Waals surface area contributed by atoms with E-state index in [1.165, 1.54) is 26.0 Å². The molecule has 3 aromatic rings. The van der Waals surface area contributed by atoms with Crippen LogP contribution in [0, 0.1) is 0 Å². The standard InChI is InChI=1S/C18H17ClN2O3S2/c1-23-14-8-13(15(24-2)7-11(14)19)20-17(22)9-25-10-18-21-12-5-3-4-6-16(12)26-18/h3-8H,9-10H2,1-2H3,(H,20,22). The Bertz CT molecular complexity index is 897. The maximum Gasteiger partial charge on any atom is 0.234 e. The summed E-state index contributed by atoms with van der Waals surface area (Å²) in [6.07, 6.45) is 0. The minimum absolute atomic E-state index is 0.126. The van der Waals surface area contributed by atoms with Crippen LogP contribution in [0.25, 0.3) is 10.2 Å². The highest BCUT2D eigenvalue weighted by molar-refractivity contribution is 7.99. The maximum atomic E-state index is 12.2. The van der Waals surface area contributed by atoms with Crippen LogP contribution >= 0.6 is 34.7 Å². The maximum absolute atomic E-state index is 12.2. The summed E-state index contributed by atoms with van der Waals surface area (Å²) in [5.74, 6) is 1.83. The van der Waals surface area contributed by atoms with E-state index >= 15 is 0 Å². The molecule has 0 radical (unpaired) electrons. The summed E-state index contributed by atoms with van der Waals surface area (Å²) in [7, 11) is 3.04. The number of amides is 1. The molecular formula is C18H17ClN2O3S2. The average Bonchev–Trinajstić information content (AvgIpc) is 3.05. The van der Waals surface area contributed by atoms with E-state index in [1.807, 2.05) is 24.3 Å². The molecule has 0 spiro atoms. The zero-order valence-electron chi connectivity index (χ0n) is 14.2. The molecule has 0 saturated heterocycles. The number of rotatable bonds is 7. The summed E-state index contributed by atoms with van der Waals surface area (Å²) in [5, 5.41) is 4.27. The first-order valence-electron chi connectivity index (χ1n) is 7.74. The van der Waals surface area contributed by atoms with E-state index in [-0.39, 0.29) is 5.91 Å². The fourth-order valence-corrected chi connectivity index (χ4v) is 4.44. The largest absolute Gasteiger partial charge is 0.495 e. The monoisotopic (exact) mass is 408 g/mol. The van der Waals surface area contributed by atoms with Crippen molar-refractivity contribution in [3.63, 3.8) is 0 Å². The van der Waals surface area contributed by atoms with Gasteiger partial charge in [0.1, 0.15) is 16.5 Å². The number of methoxy groups -OCH3 is 2. The Morgan fingerprint density at radius 3 is 2.73 bits per heavy atom. The number of halogens is 1. The molecule has 0 aliphatic rings. The zero-order chi connectivity index (χ0) is 18.5. The number of nitrogens with one attached hydrogen (secondary N) is 1. The zero-order valence-corrected chi connectivity index (χ0v) is 16.6. The summed E-state index contributed by atoms with van der Waals surface area (Å²) in [6.45, 7) is 0. The SMILES string of the molecule is COc1cc(NC(=O)CSCc2nc3ccccc3s2)c(OC)cc1Cl. The number of benzene rings is 2. The van der Waals surface area contributed by atoms with Crippen molar-refractivity contribution in [2.24, 2.45) is 0 Å². The predicted molar refractivity (Wildman–Crippen MR) is 109 cm³/mol. The van der Waals surface area contributed by atoms with E-state index in [0.717, 1.165) is 15.2 Å². The molecule has 1 heterocycles. The van der Waals surface area contributed by atoms with Gasteiger partial charge in [-0.15, -0.1) is 23.1 Å². The van der Waals surface area contributed by atoms with Crippen LogP contribution in [0.15, 0.2) is 36.4 Å². The number of hydrogen-bond acceptors (Lipinski definition) is 6. The molecule has 2 aromatic carbocycles. The highest BCUT2D eigenvalue weighted by atomic mass is 35.5. The summed E-state index contributed by atoms with van der Waals surface area (Å²) in [5.41, 5.74) is 1.52. The van der Waals surface area contributed by atoms with E-state index < -0.39 is 0 Å². The Labute approximate surface area is 164 Å². The van der Waals surface area contributed by atoms with Crippen LogP contribution in [0.3, 0.4) is 0 Å². The second-order valence-electron chi connectivity index (χ2n) is 5.30.